The maximum absolute atomic E-state index is 7.91. The van der Waals surface area contributed by atoms with E-state index in [-0.39, 0.29) is 6.40 Å². The molecule has 7 nitrogen and oxygen atoms in total. The van der Waals surface area contributed by atoms with Crippen LogP contribution in [-0.2, 0) is 0 Å². The molecule has 2 aromatic carbocycles. The van der Waals surface area contributed by atoms with Crippen LogP contribution in [0.2, 0.25) is 0 Å². The van der Waals surface area contributed by atoms with Gasteiger partial charge in [0.1, 0.15) is 5.52 Å². The van der Waals surface area contributed by atoms with Crippen molar-refractivity contribution in [2.45, 2.75) is 51.0 Å². The number of benzene rings is 2. The molecular weight excluding hydrogens is 422 g/mol. The van der Waals surface area contributed by atoms with Crippen molar-refractivity contribution in [1.29, 1.82) is 0 Å². The van der Waals surface area contributed by atoms with E-state index in [1.54, 1.807) is 0 Å². The fourth-order valence-corrected chi connectivity index (χ4v) is 5.09. The van der Waals surface area contributed by atoms with Crippen LogP contribution in [0, 0.1) is 0 Å². The third-order valence-corrected chi connectivity index (χ3v) is 6.85. The number of hydrogen-bond acceptors (Lipinski definition) is 6. The van der Waals surface area contributed by atoms with Crippen LogP contribution >= 0.6 is 0 Å². The van der Waals surface area contributed by atoms with E-state index >= 15 is 0 Å². The first-order valence-corrected chi connectivity index (χ1v) is 12.3. The second-order valence-corrected chi connectivity index (χ2v) is 9.16. The van der Waals surface area contributed by atoms with E-state index in [4.69, 9.17) is 11.3 Å². The molecule has 3 heterocycles. The summed E-state index contributed by atoms with van der Waals surface area (Å²) in [5.74, 6) is 1.40. The normalized spacial score (nSPS) is 17.8. The first-order valence-electron chi connectivity index (χ1n) is 12.9. The highest BCUT2D eigenvalue weighted by Crippen LogP contribution is 2.36. The molecule has 6 rings (SSSR count). The molecule has 174 valence electrons. The molecule has 34 heavy (non-hydrogen) atoms. The molecule has 0 spiro atoms. The zero-order chi connectivity index (χ0) is 23.6. The third kappa shape index (κ3) is 4.30. The maximum atomic E-state index is 7.91. The molecule has 2 aliphatic rings. The maximum Gasteiger partial charge on any atom is 0.229 e. The number of fused-ring (bicyclic) bond motifs is 1. The number of piperidine rings is 1. The second kappa shape index (κ2) is 9.33. The zero-order valence-electron chi connectivity index (χ0n) is 20.3. The van der Waals surface area contributed by atoms with Crippen molar-refractivity contribution in [1.82, 2.24) is 19.5 Å². The largest absolute Gasteiger partial charge is 0.372 e. The topological polar surface area (TPSA) is 70.9 Å². The van der Waals surface area contributed by atoms with Gasteiger partial charge in [-0.05, 0) is 68.5 Å². The van der Waals surface area contributed by atoms with Crippen LogP contribution in [0.1, 0.15) is 52.3 Å². The van der Waals surface area contributed by atoms with Gasteiger partial charge < -0.3 is 15.5 Å². The SMILES string of the molecule is [2H]C1CCN(c2ccc(Nc3ncc4nc(Nc5ccccc5)n(C5CCCC5)c4n3)cc2)CC1. The molecule has 2 fully saturated rings. The lowest BCUT2D eigenvalue weighted by atomic mass is 10.1. The Kier molecular flexibility index (Phi) is 5.44. The van der Waals surface area contributed by atoms with Crippen molar-refractivity contribution < 1.29 is 1.37 Å². The van der Waals surface area contributed by atoms with E-state index in [2.05, 4.69) is 61.5 Å². The zero-order valence-corrected chi connectivity index (χ0v) is 19.3. The summed E-state index contributed by atoms with van der Waals surface area (Å²) in [7, 11) is 0. The lowest BCUT2D eigenvalue weighted by Crippen LogP contribution is -2.29. The van der Waals surface area contributed by atoms with Crippen molar-refractivity contribution in [3.05, 3.63) is 60.8 Å². The molecule has 0 radical (unpaired) electrons. The third-order valence-electron chi connectivity index (χ3n) is 6.85. The number of para-hydroxylation sites is 1. The second-order valence-electron chi connectivity index (χ2n) is 9.16. The molecule has 0 bridgehead atoms. The summed E-state index contributed by atoms with van der Waals surface area (Å²) in [5, 5.41) is 6.87. The minimum absolute atomic E-state index is 0.0836. The number of imidazole rings is 1. The number of aromatic nitrogens is 4. The average molecular weight is 455 g/mol. The molecule has 7 heteroatoms. The molecule has 1 aliphatic heterocycles. The van der Waals surface area contributed by atoms with Gasteiger partial charge in [0.15, 0.2) is 5.65 Å². The number of anilines is 5. The lowest BCUT2D eigenvalue weighted by molar-refractivity contribution is 0.535. The molecule has 1 saturated heterocycles. The smallest absolute Gasteiger partial charge is 0.229 e. The molecule has 0 atom stereocenters. The van der Waals surface area contributed by atoms with Gasteiger partial charge in [-0.1, -0.05) is 31.0 Å². The van der Waals surface area contributed by atoms with Gasteiger partial charge in [-0.3, -0.25) is 4.57 Å². The number of rotatable bonds is 6. The Morgan fingerprint density at radius 3 is 2.32 bits per heavy atom. The minimum atomic E-state index is 0.0836. The number of hydrogen-bond donors (Lipinski definition) is 2. The minimum Gasteiger partial charge on any atom is -0.372 e. The van der Waals surface area contributed by atoms with Gasteiger partial charge in [0.2, 0.25) is 11.9 Å². The fraction of sp³-hybridized carbons (Fsp3) is 0.370. The van der Waals surface area contributed by atoms with Gasteiger partial charge in [0.05, 0.1) is 6.20 Å². The van der Waals surface area contributed by atoms with Gasteiger partial charge >= 0.3 is 0 Å². The van der Waals surface area contributed by atoms with Crippen LogP contribution in [0.4, 0.5) is 29.0 Å². The van der Waals surface area contributed by atoms with E-state index in [0.717, 1.165) is 67.3 Å². The van der Waals surface area contributed by atoms with Crippen molar-refractivity contribution in [2.24, 2.45) is 0 Å². The Hall–Kier alpha value is -3.61. The van der Waals surface area contributed by atoms with Crippen LogP contribution in [0.15, 0.2) is 60.8 Å². The van der Waals surface area contributed by atoms with E-state index in [0.29, 0.717) is 12.0 Å². The highest BCUT2D eigenvalue weighted by Gasteiger charge is 2.24. The Morgan fingerprint density at radius 1 is 0.824 bits per heavy atom. The number of nitrogens with one attached hydrogen (secondary N) is 2. The van der Waals surface area contributed by atoms with Crippen LogP contribution in [0.3, 0.4) is 0 Å². The Balaban J connectivity index is 1.26. The van der Waals surface area contributed by atoms with E-state index in [1.807, 2.05) is 24.4 Å². The summed E-state index contributed by atoms with van der Waals surface area (Å²) in [6.07, 6.45) is 8.51. The monoisotopic (exact) mass is 454 g/mol. The summed E-state index contributed by atoms with van der Waals surface area (Å²) in [4.78, 5) is 16.7. The van der Waals surface area contributed by atoms with E-state index in [9.17, 15) is 0 Å². The van der Waals surface area contributed by atoms with Crippen LogP contribution < -0.4 is 15.5 Å². The molecule has 0 unspecified atom stereocenters. The summed E-state index contributed by atoms with van der Waals surface area (Å²) in [6.45, 7) is 1.90. The van der Waals surface area contributed by atoms with Gasteiger partial charge in [0.25, 0.3) is 0 Å². The highest BCUT2D eigenvalue weighted by atomic mass is 15.3. The van der Waals surface area contributed by atoms with Gasteiger partial charge in [-0.15, -0.1) is 0 Å². The molecule has 4 aromatic rings. The predicted octanol–water partition coefficient (Wildman–Crippen LogP) is 6.42. The first kappa shape index (κ1) is 19.8. The van der Waals surface area contributed by atoms with Gasteiger partial charge in [-0.2, -0.15) is 4.98 Å². The summed E-state index contributed by atoms with van der Waals surface area (Å²) >= 11 is 0. The summed E-state index contributed by atoms with van der Waals surface area (Å²) in [5.41, 5.74) is 4.84. The lowest BCUT2D eigenvalue weighted by Gasteiger charge is -2.28. The number of nitrogens with zero attached hydrogens (tertiary/aromatic N) is 5. The van der Waals surface area contributed by atoms with Crippen LogP contribution in [0.5, 0.6) is 0 Å². The van der Waals surface area contributed by atoms with Gasteiger partial charge in [0, 0.05) is 37.6 Å². The molecule has 1 saturated carbocycles. The van der Waals surface area contributed by atoms with Crippen molar-refractivity contribution in [2.75, 3.05) is 28.6 Å². The molecule has 1 aliphatic carbocycles. The van der Waals surface area contributed by atoms with Crippen molar-refractivity contribution >= 4 is 40.1 Å². The Bertz CT molecular complexity index is 1270. The van der Waals surface area contributed by atoms with Crippen LogP contribution in [-0.4, -0.2) is 32.6 Å². The fourth-order valence-electron chi connectivity index (χ4n) is 5.09. The Labute approximate surface area is 201 Å². The highest BCUT2D eigenvalue weighted by molar-refractivity contribution is 5.77. The average Bonchev–Trinajstić information content (AvgIpc) is 3.53. The molecule has 0 amide bonds. The first-order chi connectivity index (χ1) is 17.2. The van der Waals surface area contributed by atoms with E-state index < -0.39 is 0 Å². The standard InChI is InChI=1S/C27H31N7/c1-3-9-20(10-4-1)30-27-31-24-19-28-26(32-25(24)34(27)23-11-5-6-12-23)29-21-13-15-22(16-14-21)33-17-7-2-8-18-33/h1,3-4,9-10,13-16,19,23H,2,5-8,11-12,17-18H2,(H,30,31)(H,28,29,32)/i2D. The molecule has 2 aromatic heterocycles. The predicted molar refractivity (Wildman–Crippen MR) is 138 cm³/mol. The Morgan fingerprint density at radius 2 is 1.56 bits per heavy atom. The van der Waals surface area contributed by atoms with Crippen LogP contribution in [0.25, 0.3) is 11.2 Å². The quantitative estimate of drug-likeness (QED) is 0.350. The molecular formula is C27H31N7. The summed E-state index contributed by atoms with van der Waals surface area (Å²) < 4.78 is 10.2. The van der Waals surface area contributed by atoms with Crippen molar-refractivity contribution in [3.63, 3.8) is 0 Å². The van der Waals surface area contributed by atoms with E-state index in [1.165, 1.54) is 18.5 Å². The van der Waals surface area contributed by atoms with Gasteiger partial charge in [-0.25, -0.2) is 9.97 Å². The summed E-state index contributed by atoms with van der Waals surface area (Å²) in [6, 6.07) is 19.0. The molecule has 2 N–H and O–H groups in total. The van der Waals surface area contributed by atoms with Crippen molar-refractivity contribution in [3.8, 4) is 0 Å².